The first-order valence-corrected chi connectivity index (χ1v) is 8.54. The van der Waals surface area contributed by atoms with E-state index in [-0.39, 0.29) is 35.0 Å². The van der Waals surface area contributed by atoms with Crippen molar-refractivity contribution >= 4 is 19.2 Å². The molecular formula is C17H23BN2O6. The molecule has 140 valence electrons. The van der Waals surface area contributed by atoms with Crippen LogP contribution in [0, 0.1) is 0 Å². The second-order valence-corrected chi connectivity index (χ2v) is 7.86. The summed E-state index contributed by atoms with van der Waals surface area (Å²) in [5.41, 5.74) is 4.79. The summed E-state index contributed by atoms with van der Waals surface area (Å²) in [6.07, 6.45) is 0.637. The molecule has 9 heteroatoms. The quantitative estimate of drug-likeness (QED) is 0.500. The summed E-state index contributed by atoms with van der Waals surface area (Å²) in [6.45, 7) is 4.50. The van der Waals surface area contributed by atoms with Crippen molar-refractivity contribution in [3.8, 4) is 11.5 Å². The third-order valence-corrected chi connectivity index (χ3v) is 5.26. The molecule has 5 N–H and O–H groups in total. The molecule has 1 aromatic rings. The molecular weight excluding hydrogens is 339 g/mol. The minimum atomic E-state index is -1.35. The molecule has 2 saturated heterocycles. The third kappa shape index (κ3) is 3.36. The lowest BCUT2D eigenvalue weighted by Crippen LogP contribution is -2.62. The van der Waals surface area contributed by atoms with Crippen LogP contribution < -0.4 is 10.5 Å². The van der Waals surface area contributed by atoms with E-state index >= 15 is 0 Å². The topological polar surface area (TPSA) is 133 Å². The molecule has 0 aliphatic carbocycles. The van der Waals surface area contributed by atoms with Crippen molar-refractivity contribution in [1.82, 2.24) is 4.90 Å². The Bertz CT molecular complexity index is 756. The fraction of sp³-hybridized carbons (Fsp3) is 0.529. The average Bonchev–Trinajstić information content (AvgIpc) is 3.22. The molecule has 0 spiro atoms. The van der Waals surface area contributed by atoms with Crippen LogP contribution in [-0.4, -0.2) is 70.7 Å². The zero-order valence-corrected chi connectivity index (χ0v) is 14.9. The number of phenols is 1. The summed E-state index contributed by atoms with van der Waals surface area (Å²) >= 11 is 0. The van der Waals surface area contributed by atoms with Gasteiger partial charge >= 0.3 is 11.9 Å². The van der Waals surface area contributed by atoms with Crippen LogP contribution in [0.25, 0.3) is 0 Å². The molecule has 2 heterocycles. The van der Waals surface area contributed by atoms with Crippen molar-refractivity contribution in [2.45, 2.75) is 37.1 Å². The summed E-state index contributed by atoms with van der Waals surface area (Å²) in [7, 11) is 0.916. The molecule has 0 bridgehead atoms. The van der Waals surface area contributed by atoms with E-state index in [0.717, 1.165) is 13.6 Å². The lowest BCUT2D eigenvalue weighted by molar-refractivity contribution is -0.144. The molecule has 2 aliphatic heterocycles. The monoisotopic (exact) mass is 362 g/mol. The van der Waals surface area contributed by atoms with Gasteiger partial charge in [-0.1, -0.05) is 19.3 Å². The van der Waals surface area contributed by atoms with Gasteiger partial charge in [-0.05, 0) is 23.9 Å². The fourth-order valence-electron chi connectivity index (χ4n) is 3.26. The number of hydrogen-bond donors (Lipinski definition) is 4. The SMILES string of the molecule is C[C@](N)(CN1CC(Oc2ccc([C@@]3(C)BC3)c(O)c2C(=O)O)C1)C(=O)O. The maximum absolute atomic E-state index is 11.6. The Morgan fingerprint density at radius 2 is 2.04 bits per heavy atom. The fourth-order valence-corrected chi connectivity index (χ4v) is 3.26. The van der Waals surface area contributed by atoms with E-state index in [1.165, 1.54) is 6.92 Å². The standard InChI is InChI=1S/C17H23BN2O6/c1-16(7-18-16)10-3-4-11(12(13(10)21)14(22)23)26-9-5-20(6-9)8-17(2,19)15(24)25/h3-4,9,18,21H,5-8,19H2,1-2H3,(H,22,23)(H,24,25)/t16-,17-/m0/s1. The van der Waals surface area contributed by atoms with Crippen molar-refractivity contribution in [3.05, 3.63) is 23.3 Å². The van der Waals surface area contributed by atoms with Crippen molar-refractivity contribution in [1.29, 1.82) is 0 Å². The molecule has 0 unspecified atom stereocenters. The summed E-state index contributed by atoms with van der Waals surface area (Å²) in [4.78, 5) is 24.5. The first-order chi connectivity index (χ1) is 12.0. The van der Waals surface area contributed by atoms with E-state index < -0.39 is 17.5 Å². The van der Waals surface area contributed by atoms with Gasteiger partial charge in [0.05, 0.1) is 0 Å². The Kier molecular flexibility index (Phi) is 4.40. The van der Waals surface area contributed by atoms with Crippen LogP contribution in [0.1, 0.15) is 29.8 Å². The molecule has 3 rings (SSSR count). The van der Waals surface area contributed by atoms with E-state index in [9.17, 15) is 19.8 Å². The molecule has 0 saturated carbocycles. The Morgan fingerprint density at radius 3 is 2.54 bits per heavy atom. The van der Waals surface area contributed by atoms with Crippen molar-refractivity contribution < 1.29 is 29.6 Å². The lowest BCUT2D eigenvalue weighted by Gasteiger charge is -2.41. The highest BCUT2D eigenvalue weighted by atomic mass is 16.5. The Labute approximate surface area is 151 Å². The molecule has 2 fully saturated rings. The zero-order valence-electron chi connectivity index (χ0n) is 14.9. The lowest BCUT2D eigenvalue weighted by atomic mass is 9.81. The molecule has 0 aromatic heterocycles. The number of carboxylic acids is 2. The van der Waals surface area contributed by atoms with Gasteiger partial charge in [0, 0.05) is 19.6 Å². The number of carboxylic acid groups (broad SMARTS) is 2. The predicted molar refractivity (Wildman–Crippen MR) is 95.5 cm³/mol. The average molecular weight is 362 g/mol. The van der Waals surface area contributed by atoms with E-state index in [0.29, 0.717) is 18.7 Å². The number of hydrogen-bond acceptors (Lipinski definition) is 6. The summed E-state index contributed by atoms with van der Waals surface area (Å²) in [6, 6.07) is 3.32. The van der Waals surface area contributed by atoms with Gasteiger partial charge in [0.15, 0.2) is 0 Å². The van der Waals surface area contributed by atoms with E-state index in [2.05, 4.69) is 0 Å². The minimum absolute atomic E-state index is 0.126. The van der Waals surface area contributed by atoms with Gasteiger partial charge in [0.2, 0.25) is 0 Å². The van der Waals surface area contributed by atoms with Crippen LogP contribution >= 0.6 is 0 Å². The number of ether oxygens (including phenoxy) is 1. The number of likely N-dealkylation sites (tertiary alicyclic amines) is 1. The Hall–Kier alpha value is -2.26. The second-order valence-electron chi connectivity index (χ2n) is 7.86. The molecule has 26 heavy (non-hydrogen) atoms. The van der Waals surface area contributed by atoms with Crippen LogP contribution in [0.4, 0.5) is 0 Å². The Morgan fingerprint density at radius 1 is 1.42 bits per heavy atom. The first kappa shape index (κ1) is 18.5. The molecule has 8 nitrogen and oxygen atoms in total. The maximum atomic E-state index is 11.6. The van der Waals surface area contributed by atoms with Crippen LogP contribution in [-0.2, 0) is 10.1 Å². The first-order valence-electron chi connectivity index (χ1n) is 8.54. The van der Waals surface area contributed by atoms with Crippen molar-refractivity contribution in [2.24, 2.45) is 5.73 Å². The molecule has 1 aromatic carbocycles. The van der Waals surface area contributed by atoms with Gasteiger partial charge in [-0.3, -0.25) is 9.69 Å². The van der Waals surface area contributed by atoms with Gasteiger partial charge in [-0.25, -0.2) is 4.79 Å². The number of carbonyl (C=O) groups is 2. The normalized spacial score (nSPS) is 24.9. The number of aromatic carboxylic acids is 1. The smallest absolute Gasteiger partial charge is 0.343 e. The molecule has 2 atom stereocenters. The number of rotatable bonds is 7. The highest BCUT2D eigenvalue weighted by Crippen LogP contribution is 2.47. The number of nitrogens with two attached hydrogens (primary N) is 1. The van der Waals surface area contributed by atoms with Crippen LogP contribution in [0.15, 0.2) is 12.1 Å². The molecule has 2 aliphatic rings. The number of nitrogens with zero attached hydrogens (tertiary/aromatic N) is 1. The van der Waals surface area contributed by atoms with Crippen LogP contribution in [0.5, 0.6) is 11.5 Å². The van der Waals surface area contributed by atoms with Crippen molar-refractivity contribution in [2.75, 3.05) is 19.6 Å². The van der Waals surface area contributed by atoms with Crippen LogP contribution in [0.3, 0.4) is 0 Å². The predicted octanol–water partition coefficient (Wildman–Crippen LogP) is 0.0390. The highest BCUT2D eigenvalue weighted by Gasteiger charge is 2.44. The summed E-state index contributed by atoms with van der Waals surface area (Å²) in [5.74, 6) is -2.42. The van der Waals surface area contributed by atoms with E-state index in [4.69, 9.17) is 15.6 Å². The minimum Gasteiger partial charge on any atom is -0.507 e. The van der Waals surface area contributed by atoms with Crippen molar-refractivity contribution in [3.63, 3.8) is 0 Å². The van der Waals surface area contributed by atoms with Gasteiger partial charge in [0.25, 0.3) is 0 Å². The molecule has 0 radical (unpaired) electrons. The molecule has 0 amide bonds. The zero-order chi connectivity index (χ0) is 19.3. The van der Waals surface area contributed by atoms with Gasteiger partial charge in [-0.2, -0.15) is 0 Å². The summed E-state index contributed by atoms with van der Waals surface area (Å²) in [5, 5.41) is 28.8. The third-order valence-electron chi connectivity index (χ3n) is 5.26. The summed E-state index contributed by atoms with van der Waals surface area (Å²) < 4.78 is 5.75. The number of aromatic hydroxyl groups is 1. The highest BCUT2D eigenvalue weighted by molar-refractivity contribution is 6.54. The van der Waals surface area contributed by atoms with Gasteiger partial charge in [0.1, 0.15) is 36.0 Å². The number of benzene rings is 1. The number of aliphatic carboxylic acids is 1. The largest absolute Gasteiger partial charge is 0.507 e. The Balaban J connectivity index is 1.69. The second kappa shape index (κ2) is 6.17. The van der Waals surface area contributed by atoms with Gasteiger partial charge in [-0.15, -0.1) is 0 Å². The van der Waals surface area contributed by atoms with E-state index in [1.807, 2.05) is 11.8 Å². The van der Waals surface area contributed by atoms with E-state index in [1.54, 1.807) is 12.1 Å². The maximum Gasteiger partial charge on any atom is 0.343 e. The van der Waals surface area contributed by atoms with Crippen LogP contribution in [0.2, 0.25) is 6.32 Å². The van der Waals surface area contributed by atoms with Gasteiger partial charge < -0.3 is 25.8 Å².